The van der Waals surface area contributed by atoms with Crippen LogP contribution >= 0.6 is 0 Å². The lowest BCUT2D eigenvalue weighted by molar-refractivity contribution is -0.718. The number of ether oxygens (including phenoxy) is 2. The number of hydrogen-bond donors (Lipinski definition) is 1. The van der Waals surface area contributed by atoms with Crippen LogP contribution in [0.3, 0.4) is 0 Å². The SMILES string of the molecule is Cc1ccc(C(C)C)cc1OCCOCC[NH2+]C(C)(C)C. The van der Waals surface area contributed by atoms with Gasteiger partial charge in [0, 0.05) is 0 Å². The van der Waals surface area contributed by atoms with Crippen molar-refractivity contribution in [1.29, 1.82) is 0 Å². The fourth-order valence-electron chi connectivity index (χ4n) is 2.02. The minimum Gasteiger partial charge on any atom is -0.491 e. The van der Waals surface area contributed by atoms with E-state index in [1.165, 1.54) is 11.1 Å². The van der Waals surface area contributed by atoms with Crippen molar-refractivity contribution >= 4 is 0 Å². The van der Waals surface area contributed by atoms with E-state index in [-0.39, 0.29) is 5.54 Å². The van der Waals surface area contributed by atoms with E-state index in [0.717, 1.165) is 18.9 Å². The highest BCUT2D eigenvalue weighted by molar-refractivity contribution is 5.37. The van der Waals surface area contributed by atoms with Gasteiger partial charge in [-0.15, -0.1) is 0 Å². The van der Waals surface area contributed by atoms with Crippen molar-refractivity contribution in [2.75, 3.05) is 26.4 Å². The molecular weight excluding hydrogens is 262 g/mol. The van der Waals surface area contributed by atoms with Crippen LogP contribution in [0.2, 0.25) is 0 Å². The number of hydrogen-bond acceptors (Lipinski definition) is 2. The molecule has 0 aliphatic carbocycles. The molecule has 0 bridgehead atoms. The van der Waals surface area contributed by atoms with E-state index in [1.807, 2.05) is 0 Å². The van der Waals surface area contributed by atoms with E-state index in [9.17, 15) is 0 Å². The van der Waals surface area contributed by atoms with Crippen LogP contribution in [-0.2, 0) is 4.74 Å². The van der Waals surface area contributed by atoms with E-state index >= 15 is 0 Å². The summed E-state index contributed by atoms with van der Waals surface area (Å²) in [7, 11) is 0. The number of quaternary nitrogens is 1. The highest BCUT2D eigenvalue weighted by atomic mass is 16.5. The summed E-state index contributed by atoms with van der Waals surface area (Å²) in [5.41, 5.74) is 2.77. The van der Waals surface area contributed by atoms with Gasteiger partial charge in [0.25, 0.3) is 0 Å². The summed E-state index contributed by atoms with van der Waals surface area (Å²) in [6, 6.07) is 6.45. The molecule has 0 unspecified atom stereocenters. The fourth-order valence-corrected chi connectivity index (χ4v) is 2.02. The Morgan fingerprint density at radius 3 is 2.43 bits per heavy atom. The van der Waals surface area contributed by atoms with Crippen molar-refractivity contribution < 1.29 is 14.8 Å². The molecule has 0 radical (unpaired) electrons. The Balaban J connectivity index is 2.25. The van der Waals surface area contributed by atoms with Gasteiger partial charge in [-0.25, -0.2) is 0 Å². The fraction of sp³-hybridized carbons (Fsp3) is 0.667. The highest BCUT2D eigenvalue weighted by Crippen LogP contribution is 2.24. The van der Waals surface area contributed by atoms with Crippen LogP contribution in [0.5, 0.6) is 5.75 Å². The van der Waals surface area contributed by atoms with Crippen molar-refractivity contribution in [3.63, 3.8) is 0 Å². The lowest BCUT2D eigenvalue weighted by atomic mass is 10.0. The second-order valence-corrected chi connectivity index (χ2v) is 7.00. The molecule has 1 aromatic rings. The van der Waals surface area contributed by atoms with Gasteiger partial charge in [-0.3, -0.25) is 0 Å². The second-order valence-electron chi connectivity index (χ2n) is 7.00. The molecular formula is C18H32NO2+. The largest absolute Gasteiger partial charge is 0.491 e. The molecule has 1 aromatic carbocycles. The third kappa shape index (κ3) is 7.49. The summed E-state index contributed by atoms with van der Waals surface area (Å²) in [4.78, 5) is 0. The van der Waals surface area contributed by atoms with Crippen LogP contribution in [-0.4, -0.2) is 31.9 Å². The van der Waals surface area contributed by atoms with Gasteiger partial charge in [0.1, 0.15) is 12.4 Å². The molecule has 0 aromatic heterocycles. The maximum Gasteiger partial charge on any atom is 0.122 e. The zero-order chi connectivity index (χ0) is 15.9. The zero-order valence-corrected chi connectivity index (χ0v) is 14.5. The van der Waals surface area contributed by atoms with Gasteiger partial charge in [-0.05, 0) is 50.8 Å². The standard InChI is InChI=1S/C18H31NO2/c1-14(2)16-8-7-15(3)17(13-16)21-12-11-20-10-9-19-18(4,5)6/h7-8,13-14,19H,9-12H2,1-6H3/p+1. The Morgan fingerprint density at radius 1 is 1.10 bits per heavy atom. The van der Waals surface area contributed by atoms with E-state index in [2.05, 4.69) is 65.1 Å². The summed E-state index contributed by atoms with van der Waals surface area (Å²) >= 11 is 0. The first-order chi connectivity index (χ1) is 9.79. The van der Waals surface area contributed by atoms with Crippen LogP contribution in [0.1, 0.15) is 51.7 Å². The normalized spacial score (nSPS) is 12.0. The molecule has 0 saturated heterocycles. The number of aryl methyl sites for hydroxylation is 1. The number of benzene rings is 1. The Labute approximate surface area is 130 Å². The lowest BCUT2D eigenvalue weighted by Gasteiger charge is -2.17. The predicted molar refractivity (Wildman–Crippen MR) is 88.1 cm³/mol. The first kappa shape index (κ1) is 18.0. The smallest absolute Gasteiger partial charge is 0.122 e. The van der Waals surface area contributed by atoms with Crippen LogP contribution in [0.4, 0.5) is 0 Å². The molecule has 0 aliphatic heterocycles. The molecule has 3 heteroatoms. The maximum absolute atomic E-state index is 5.84. The molecule has 0 amide bonds. The maximum atomic E-state index is 5.84. The van der Waals surface area contributed by atoms with E-state index in [1.54, 1.807) is 0 Å². The molecule has 2 N–H and O–H groups in total. The summed E-state index contributed by atoms with van der Waals surface area (Å²) in [6.07, 6.45) is 0. The van der Waals surface area contributed by atoms with Gasteiger partial charge in [0.05, 0.1) is 25.3 Å². The second kappa shape index (κ2) is 8.40. The van der Waals surface area contributed by atoms with Crippen LogP contribution in [0, 0.1) is 6.92 Å². The van der Waals surface area contributed by atoms with E-state index in [4.69, 9.17) is 9.47 Å². The van der Waals surface area contributed by atoms with Gasteiger partial charge in [0.15, 0.2) is 0 Å². The van der Waals surface area contributed by atoms with Crippen molar-refractivity contribution in [1.82, 2.24) is 0 Å². The average Bonchev–Trinajstić information content (AvgIpc) is 2.38. The Kier molecular flexibility index (Phi) is 7.20. The molecule has 0 saturated carbocycles. The first-order valence-electron chi connectivity index (χ1n) is 7.95. The molecule has 0 aliphatic rings. The molecule has 1 rings (SSSR count). The lowest BCUT2D eigenvalue weighted by Crippen LogP contribution is -2.95. The van der Waals surface area contributed by atoms with Crippen molar-refractivity contribution in [3.05, 3.63) is 29.3 Å². The monoisotopic (exact) mass is 294 g/mol. The average molecular weight is 294 g/mol. The van der Waals surface area contributed by atoms with Crippen LogP contribution in [0.25, 0.3) is 0 Å². The van der Waals surface area contributed by atoms with Crippen LogP contribution < -0.4 is 10.1 Å². The summed E-state index contributed by atoms with van der Waals surface area (Å²) < 4.78 is 11.5. The quantitative estimate of drug-likeness (QED) is 0.748. The molecule has 0 fully saturated rings. The summed E-state index contributed by atoms with van der Waals surface area (Å²) in [5.74, 6) is 1.50. The molecule has 0 atom stereocenters. The third-order valence-electron chi connectivity index (χ3n) is 3.38. The first-order valence-corrected chi connectivity index (χ1v) is 7.95. The zero-order valence-electron chi connectivity index (χ0n) is 14.5. The topological polar surface area (TPSA) is 35.1 Å². The summed E-state index contributed by atoms with van der Waals surface area (Å²) in [5, 5.41) is 2.30. The van der Waals surface area contributed by atoms with Gasteiger partial charge in [-0.2, -0.15) is 0 Å². The van der Waals surface area contributed by atoms with Crippen molar-refractivity contribution in [2.24, 2.45) is 0 Å². The number of nitrogens with two attached hydrogens (primary N) is 1. The molecule has 120 valence electrons. The third-order valence-corrected chi connectivity index (χ3v) is 3.38. The van der Waals surface area contributed by atoms with Gasteiger partial charge < -0.3 is 14.8 Å². The van der Waals surface area contributed by atoms with E-state index in [0.29, 0.717) is 19.1 Å². The van der Waals surface area contributed by atoms with Crippen molar-refractivity contribution in [2.45, 2.75) is 53.0 Å². The van der Waals surface area contributed by atoms with Gasteiger partial charge in [-0.1, -0.05) is 26.0 Å². The molecule has 0 heterocycles. The van der Waals surface area contributed by atoms with E-state index < -0.39 is 0 Å². The highest BCUT2D eigenvalue weighted by Gasteiger charge is 2.11. The Hall–Kier alpha value is -1.06. The Bertz CT molecular complexity index is 422. The van der Waals surface area contributed by atoms with Crippen molar-refractivity contribution in [3.8, 4) is 5.75 Å². The minimum absolute atomic E-state index is 0.272. The van der Waals surface area contributed by atoms with Crippen LogP contribution in [0.15, 0.2) is 18.2 Å². The predicted octanol–water partition coefficient (Wildman–Crippen LogP) is 2.88. The molecule has 21 heavy (non-hydrogen) atoms. The molecule has 3 nitrogen and oxygen atoms in total. The number of rotatable bonds is 8. The summed E-state index contributed by atoms with van der Waals surface area (Å²) in [6.45, 7) is 16.1. The van der Waals surface area contributed by atoms with Gasteiger partial charge >= 0.3 is 0 Å². The van der Waals surface area contributed by atoms with Gasteiger partial charge in [0.2, 0.25) is 0 Å². The molecule has 0 spiro atoms. The minimum atomic E-state index is 0.272. The Morgan fingerprint density at radius 2 is 1.81 bits per heavy atom.